The lowest BCUT2D eigenvalue weighted by atomic mass is 10.1. The maximum atomic E-state index is 13.3. The molecule has 0 bridgehead atoms. The second-order valence-electron chi connectivity index (χ2n) is 7.41. The number of rotatable bonds is 7. The van der Waals surface area contributed by atoms with E-state index in [1.54, 1.807) is 30.2 Å². The number of methoxy groups -OCH3 is 1. The summed E-state index contributed by atoms with van der Waals surface area (Å²) in [6, 6.07) is 12.6. The Morgan fingerprint density at radius 1 is 1.13 bits per heavy atom. The Bertz CT molecular complexity index is 995. The van der Waals surface area contributed by atoms with E-state index in [4.69, 9.17) is 4.74 Å². The van der Waals surface area contributed by atoms with Gasteiger partial charge in [-0.25, -0.2) is 0 Å². The summed E-state index contributed by atoms with van der Waals surface area (Å²) in [6.07, 6.45) is 5.60. The molecule has 1 aliphatic carbocycles. The molecular weight excluding hydrogens is 398 g/mol. The van der Waals surface area contributed by atoms with Crippen molar-refractivity contribution < 1.29 is 19.2 Å². The van der Waals surface area contributed by atoms with Crippen LogP contribution in [-0.2, 0) is 4.79 Å². The minimum absolute atomic E-state index is 0.113. The molecule has 3 rings (SSSR count). The Hall–Kier alpha value is -3.68. The van der Waals surface area contributed by atoms with Gasteiger partial charge in [0, 0.05) is 36.3 Å². The van der Waals surface area contributed by atoms with E-state index < -0.39 is 10.8 Å². The van der Waals surface area contributed by atoms with Gasteiger partial charge in [-0.1, -0.05) is 31.0 Å². The molecule has 0 aromatic heterocycles. The van der Waals surface area contributed by atoms with Gasteiger partial charge in [-0.3, -0.25) is 19.7 Å². The Kier molecular flexibility index (Phi) is 7.02. The topological polar surface area (TPSA) is 102 Å². The highest BCUT2D eigenvalue weighted by molar-refractivity contribution is 6.05. The van der Waals surface area contributed by atoms with Gasteiger partial charge in [0.05, 0.1) is 12.0 Å². The zero-order valence-electron chi connectivity index (χ0n) is 17.5. The molecule has 2 aromatic carbocycles. The van der Waals surface area contributed by atoms with Gasteiger partial charge in [-0.05, 0) is 37.1 Å². The van der Waals surface area contributed by atoms with E-state index in [-0.39, 0.29) is 28.9 Å². The summed E-state index contributed by atoms with van der Waals surface area (Å²) >= 11 is 0. The Labute approximate surface area is 180 Å². The minimum Gasteiger partial charge on any atom is -0.496 e. The van der Waals surface area contributed by atoms with Gasteiger partial charge < -0.3 is 15.0 Å². The van der Waals surface area contributed by atoms with Gasteiger partial charge in [-0.15, -0.1) is 0 Å². The number of ether oxygens (including phenoxy) is 1. The molecule has 0 unspecified atom stereocenters. The van der Waals surface area contributed by atoms with E-state index >= 15 is 0 Å². The fourth-order valence-electron chi connectivity index (χ4n) is 3.67. The second kappa shape index (κ2) is 9.88. The molecule has 0 radical (unpaired) electrons. The van der Waals surface area contributed by atoms with Gasteiger partial charge >= 0.3 is 0 Å². The smallest absolute Gasteiger partial charge is 0.270 e. The first-order valence-electron chi connectivity index (χ1n) is 10.1. The molecule has 162 valence electrons. The van der Waals surface area contributed by atoms with E-state index in [1.807, 2.05) is 12.1 Å². The van der Waals surface area contributed by atoms with Crippen molar-refractivity contribution in [3.8, 4) is 5.75 Å². The van der Waals surface area contributed by atoms with Crippen molar-refractivity contribution in [1.29, 1.82) is 0 Å². The summed E-state index contributed by atoms with van der Waals surface area (Å²) in [5.41, 5.74) is 0.866. The fourth-order valence-corrected chi connectivity index (χ4v) is 3.67. The number of hydrogen-bond acceptors (Lipinski definition) is 5. The molecule has 0 aliphatic heterocycles. The molecule has 2 amide bonds. The number of nitrogens with zero attached hydrogens (tertiary/aromatic N) is 2. The normalized spacial score (nSPS) is 14.2. The second-order valence-corrected chi connectivity index (χ2v) is 7.41. The molecule has 0 saturated heterocycles. The van der Waals surface area contributed by atoms with Gasteiger partial charge in [0.25, 0.3) is 17.5 Å². The van der Waals surface area contributed by atoms with E-state index in [2.05, 4.69) is 5.32 Å². The van der Waals surface area contributed by atoms with Gasteiger partial charge in [-0.2, -0.15) is 0 Å². The van der Waals surface area contributed by atoms with Crippen molar-refractivity contribution in [2.75, 3.05) is 14.2 Å². The number of nitro groups is 1. The summed E-state index contributed by atoms with van der Waals surface area (Å²) in [5.74, 6) is -0.252. The molecule has 0 spiro atoms. The SMILES string of the molecule is COc1ccccc1C=C(NC(=O)c1ccc([N+](=O)[O-])cc1)C(=O)N(C)C1CCCC1. The van der Waals surface area contributed by atoms with Crippen LogP contribution in [0.15, 0.2) is 54.2 Å². The van der Waals surface area contributed by atoms with Crippen LogP contribution in [0.25, 0.3) is 6.08 Å². The third-order valence-corrected chi connectivity index (χ3v) is 5.45. The predicted molar refractivity (Wildman–Crippen MR) is 117 cm³/mol. The largest absolute Gasteiger partial charge is 0.496 e. The van der Waals surface area contributed by atoms with Crippen LogP contribution in [0.5, 0.6) is 5.75 Å². The summed E-state index contributed by atoms with van der Waals surface area (Å²) in [5, 5.41) is 13.5. The molecule has 31 heavy (non-hydrogen) atoms. The average molecular weight is 423 g/mol. The summed E-state index contributed by atoms with van der Waals surface area (Å²) < 4.78 is 5.37. The van der Waals surface area contributed by atoms with E-state index in [0.717, 1.165) is 25.7 Å². The average Bonchev–Trinajstić information content (AvgIpc) is 3.33. The number of carbonyl (C=O) groups excluding carboxylic acids is 2. The number of nitrogens with one attached hydrogen (secondary N) is 1. The van der Waals surface area contributed by atoms with Crippen molar-refractivity contribution in [3.63, 3.8) is 0 Å². The highest BCUT2D eigenvalue weighted by atomic mass is 16.6. The molecule has 0 atom stereocenters. The predicted octanol–water partition coefficient (Wildman–Crippen LogP) is 3.78. The molecular formula is C23H25N3O5. The molecule has 8 nitrogen and oxygen atoms in total. The van der Waals surface area contributed by atoms with Crippen molar-refractivity contribution in [1.82, 2.24) is 10.2 Å². The summed E-state index contributed by atoms with van der Waals surface area (Å²) in [7, 11) is 3.28. The molecule has 1 fully saturated rings. The standard InChI is InChI=1S/C23H25N3O5/c1-25(18-8-4-5-9-18)23(28)20(15-17-7-3-6-10-21(17)31-2)24-22(27)16-11-13-19(14-12-16)26(29)30/h3,6-7,10-15,18H,4-5,8-9H2,1-2H3,(H,24,27). The Morgan fingerprint density at radius 2 is 1.77 bits per heavy atom. The zero-order valence-corrected chi connectivity index (χ0v) is 17.5. The van der Waals surface area contributed by atoms with Gasteiger partial charge in [0.1, 0.15) is 11.4 Å². The lowest BCUT2D eigenvalue weighted by Gasteiger charge is -2.25. The monoisotopic (exact) mass is 423 g/mol. The van der Waals surface area contributed by atoms with Crippen LogP contribution in [0.2, 0.25) is 0 Å². The number of amides is 2. The quantitative estimate of drug-likeness (QED) is 0.415. The first-order valence-corrected chi connectivity index (χ1v) is 10.1. The highest BCUT2D eigenvalue weighted by Crippen LogP contribution is 2.25. The number of hydrogen-bond donors (Lipinski definition) is 1. The van der Waals surface area contributed by atoms with Crippen LogP contribution in [0.1, 0.15) is 41.6 Å². The number of nitro benzene ring substituents is 1. The number of non-ortho nitro benzene ring substituents is 1. The molecule has 8 heteroatoms. The van der Waals surface area contributed by atoms with Gasteiger partial charge in [0.15, 0.2) is 0 Å². The van der Waals surface area contributed by atoms with Crippen molar-refractivity contribution >= 4 is 23.6 Å². The first kappa shape index (κ1) is 22.0. The molecule has 1 N–H and O–H groups in total. The summed E-state index contributed by atoms with van der Waals surface area (Å²) in [4.78, 5) is 38.0. The van der Waals surface area contributed by atoms with Crippen LogP contribution < -0.4 is 10.1 Å². The maximum absolute atomic E-state index is 13.3. The van der Waals surface area contributed by atoms with Crippen molar-refractivity contribution in [2.24, 2.45) is 0 Å². The van der Waals surface area contributed by atoms with Crippen LogP contribution in [0.3, 0.4) is 0 Å². The van der Waals surface area contributed by atoms with Crippen LogP contribution >= 0.6 is 0 Å². The fraction of sp³-hybridized carbons (Fsp3) is 0.304. The molecule has 0 heterocycles. The third kappa shape index (κ3) is 5.28. The van der Waals surface area contributed by atoms with Crippen LogP contribution in [0, 0.1) is 10.1 Å². The molecule has 1 saturated carbocycles. The number of benzene rings is 2. The Morgan fingerprint density at radius 3 is 2.39 bits per heavy atom. The highest BCUT2D eigenvalue weighted by Gasteiger charge is 2.27. The van der Waals surface area contributed by atoms with Crippen molar-refractivity contribution in [2.45, 2.75) is 31.7 Å². The zero-order chi connectivity index (χ0) is 22.4. The third-order valence-electron chi connectivity index (χ3n) is 5.45. The Balaban J connectivity index is 1.91. The number of carbonyl (C=O) groups is 2. The minimum atomic E-state index is -0.533. The van der Waals surface area contributed by atoms with E-state index in [9.17, 15) is 19.7 Å². The van der Waals surface area contributed by atoms with Crippen LogP contribution in [-0.4, -0.2) is 41.8 Å². The molecule has 2 aromatic rings. The van der Waals surface area contributed by atoms with Crippen LogP contribution in [0.4, 0.5) is 5.69 Å². The number of para-hydroxylation sites is 1. The van der Waals surface area contributed by atoms with Gasteiger partial charge in [0.2, 0.25) is 0 Å². The van der Waals surface area contributed by atoms with Crippen molar-refractivity contribution in [3.05, 3.63) is 75.5 Å². The first-order chi connectivity index (χ1) is 14.9. The lowest BCUT2D eigenvalue weighted by molar-refractivity contribution is -0.384. The molecule has 1 aliphatic rings. The van der Waals surface area contributed by atoms with E-state index in [0.29, 0.717) is 11.3 Å². The van der Waals surface area contributed by atoms with E-state index in [1.165, 1.54) is 31.4 Å². The number of likely N-dealkylation sites (N-methyl/N-ethyl adjacent to an activating group) is 1. The maximum Gasteiger partial charge on any atom is 0.270 e. The lowest BCUT2D eigenvalue weighted by Crippen LogP contribution is -2.40. The summed E-state index contributed by atoms with van der Waals surface area (Å²) in [6.45, 7) is 0.